The number of fused-ring (bicyclic) bond motifs is 1. The Morgan fingerprint density at radius 3 is 2.71 bits per heavy atom. The summed E-state index contributed by atoms with van der Waals surface area (Å²) < 4.78 is 14.1. The highest BCUT2D eigenvalue weighted by atomic mass is 32.1. The smallest absolute Gasteiger partial charge is 0.123 e. The van der Waals surface area contributed by atoms with E-state index in [0.29, 0.717) is 0 Å². The molecule has 0 atom stereocenters. The van der Waals surface area contributed by atoms with Gasteiger partial charge in [0, 0.05) is 9.58 Å². The van der Waals surface area contributed by atoms with Crippen LogP contribution in [0, 0.1) is 5.82 Å². The Hall–Kier alpha value is -1.87. The van der Waals surface area contributed by atoms with Gasteiger partial charge in [-0.3, -0.25) is 0 Å². The van der Waals surface area contributed by atoms with E-state index in [1.54, 1.807) is 29.5 Å². The van der Waals surface area contributed by atoms with Gasteiger partial charge in [0.05, 0.1) is 0 Å². The summed E-state index contributed by atoms with van der Waals surface area (Å²) in [6, 6.07) is 13.8. The molecule has 84 valence electrons. The molecular weight excluding hydrogens is 235 g/mol. The highest BCUT2D eigenvalue weighted by molar-refractivity contribution is 7.22. The Morgan fingerprint density at radius 1 is 1.00 bits per heavy atom. The summed E-state index contributed by atoms with van der Waals surface area (Å²) >= 11 is 1.55. The zero-order chi connectivity index (χ0) is 11.8. The molecule has 0 aliphatic heterocycles. The second-order valence-corrected chi connectivity index (χ2v) is 4.93. The summed E-state index contributed by atoms with van der Waals surface area (Å²) in [6.07, 6.45) is 0. The lowest BCUT2D eigenvalue weighted by molar-refractivity contribution is 0.476. The summed E-state index contributed by atoms with van der Waals surface area (Å²) in [6.45, 7) is 0. The molecule has 17 heavy (non-hydrogen) atoms. The van der Waals surface area contributed by atoms with Gasteiger partial charge in [0.2, 0.25) is 0 Å². The van der Waals surface area contributed by atoms with Crippen LogP contribution in [0.2, 0.25) is 0 Å². The molecule has 0 saturated carbocycles. The topological polar surface area (TPSA) is 20.2 Å². The van der Waals surface area contributed by atoms with E-state index in [1.165, 1.54) is 12.1 Å². The van der Waals surface area contributed by atoms with Gasteiger partial charge in [-0.1, -0.05) is 12.1 Å². The number of halogens is 1. The van der Waals surface area contributed by atoms with E-state index in [1.807, 2.05) is 18.2 Å². The molecule has 0 aliphatic rings. The molecule has 0 aliphatic carbocycles. The molecule has 0 saturated heterocycles. The van der Waals surface area contributed by atoms with Crippen LogP contribution in [0.1, 0.15) is 0 Å². The summed E-state index contributed by atoms with van der Waals surface area (Å²) in [7, 11) is 0. The van der Waals surface area contributed by atoms with Gasteiger partial charge >= 0.3 is 0 Å². The highest BCUT2D eigenvalue weighted by Gasteiger charge is 2.05. The molecule has 0 radical (unpaired) electrons. The molecule has 3 rings (SSSR count). The minimum absolute atomic E-state index is 0.234. The van der Waals surface area contributed by atoms with Crippen molar-refractivity contribution in [2.45, 2.75) is 0 Å². The van der Waals surface area contributed by atoms with Gasteiger partial charge < -0.3 is 5.11 Å². The van der Waals surface area contributed by atoms with Gasteiger partial charge in [-0.25, -0.2) is 4.39 Å². The quantitative estimate of drug-likeness (QED) is 0.672. The van der Waals surface area contributed by atoms with E-state index in [-0.39, 0.29) is 11.6 Å². The predicted molar refractivity (Wildman–Crippen MR) is 68.9 cm³/mol. The van der Waals surface area contributed by atoms with Crippen LogP contribution in [0.3, 0.4) is 0 Å². The fourth-order valence-electron chi connectivity index (χ4n) is 1.80. The lowest BCUT2D eigenvalue weighted by Crippen LogP contribution is -1.74. The normalized spacial score (nSPS) is 10.9. The average Bonchev–Trinajstić information content (AvgIpc) is 2.72. The zero-order valence-corrected chi connectivity index (χ0v) is 9.67. The molecule has 1 nitrogen and oxygen atoms in total. The van der Waals surface area contributed by atoms with Crippen molar-refractivity contribution in [3.63, 3.8) is 0 Å². The molecule has 0 amide bonds. The van der Waals surface area contributed by atoms with E-state index >= 15 is 0 Å². The minimum atomic E-state index is -0.234. The monoisotopic (exact) mass is 244 g/mol. The Kier molecular flexibility index (Phi) is 2.34. The number of phenols is 1. The first-order valence-electron chi connectivity index (χ1n) is 5.21. The Balaban J connectivity index is 2.18. The van der Waals surface area contributed by atoms with Crippen molar-refractivity contribution in [3.05, 3.63) is 54.3 Å². The molecule has 3 heteroatoms. The molecule has 0 unspecified atom stereocenters. The van der Waals surface area contributed by atoms with E-state index in [0.717, 1.165) is 20.5 Å². The van der Waals surface area contributed by atoms with Gasteiger partial charge in [-0.2, -0.15) is 0 Å². The van der Waals surface area contributed by atoms with E-state index in [2.05, 4.69) is 0 Å². The Morgan fingerprint density at radius 2 is 1.88 bits per heavy atom. The fraction of sp³-hybridized carbons (Fsp3) is 0. The molecule has 1 aromatic heterocycles. The molecule has 1 heterocycles. The van der Waals surface area contributed by atoms with E-state index in [4.69, 9.17) is 0 Å². The van der Waals surface area contributed by atoms with Crippen molar-refractivity contribution >= 4 is 21.4 Å². The SMILES string of the molecule is Oc1ccc2cc(-c3cccc(F)c3)sc2c1. The molecule has 1 N–H and O–H groups in total. The standard InChI is InChI=1S/C14H9FOS/c15-11-3-1-2-9(6-11)13-7-10-4-5-12(16)8-14(10)17-13/h1-8,16H. The second-order valence-electron chi connectivity index (χ2n) is 3.84. The van der Waals surface area contributed by atoms with Crippen LogP contribution in [0.15, 0.2) is 48.5 Å². The third kappa shape index (κ3) is 1.89. The van der Waals surface area contributed by atoms with Gasteiger partial charge in [-0.15, -0.1) is 11.3 Å². The van der Waals surface area contributed by atoms with Gasteiger partial charge in [0.1, 0.15) is 11.6 Å². The van der Waals surface area contributed by atoms with Crippen LogP contribution < -0.4 is 0 Å². The number of benzene rings is 2. The largest absolute Gasteiger partial charge is 0.508 e. The molecule has 0 bridgehead atoms. The maximum atomic E-state index is 13.1. The van der Waals surface area contributed by atoms with Crippen molar-refractivity contribution in [1.29, 1.82) is 0 Å². The van der Waals surface area contributed by atoms with Gasteiger partial charge in [0.25, 0.3) is 0 Å². The summed E-state index contributed by atoms with van der Waals surface area (Å²) in [5.41, 5.74) is 0.866. The Labute approximate surface area is 102 Å². The minimum Gasteiger partial charge on any atom is -0.508 e. The van der Waals surface area contributed by atoms with Crippen LogP contribution in [0.4, 0.5) is 4.39 Å². The lowest BCUT2D eigenvalue weighted by Gasteiger charge is -1.95. The van der Waals surface area contributed by atoms with Gasteiger partial charge in [-0.05, 0) is 47.3 Å². The third-order valence-corrected chi connectivity index (χ3v) is 3.76. The van der Waals surface area contributed by atoms with Crippen LogP contribution in [0.5, 0.6) is 5.75 Å². The van der Waals surface area contributed by atoms with Crippen molar-refractivity contribution in [2.75, 3.05) is 0 Å². The number of hydrogen-bond acceptors (Lipinski definition) is 2. The molecule has 0 spiro atoms. The molecule has 0 fully saturated rings. The fourth-order valence-corrected chi connectivity index (χ4v) is 2.90. The van der Waals surface area contributed by atoms with Crippen LogP contribution in [-0.4, -0.2) is 5.11 Å². The first-order valence-corrected chi connectivity index (χ1v) is 6.02. The number of phenolic OH excluding ortho intramolecular Hbond substituents is 1. The summed E-state index contributed by atoms with van der Waals surface area (Å²) in [5, 5.41) is 10.5. The van der Waals surface area contributed by atoms with Crippen molar-refractivity contribution in [3.8, 4) is 16.2 Å². The number of aromatic hydroxyl groups is 1. The second kappa shape index (κ2) is 3.86. The number of rotatable bonds is 1. The predicted octanol–water partition coefficient (Wildman–Crippen LogP) is 4.41. The van der Waals surface area contributed by atoms with Crippen molar-refractivity contribution < 1.29 is 9.50 Å². The first kappa shape index (κ1) is 10.3. The third-order valence-electron chi connectivity index (χ3n) is 2.61. The number of hydrogen-bond donors (Lipinski definition) is 1. The maximum Gasteiger partial charge on any atom is 0.123 e. The van der Waals surface area contributed by atoms with Crippen LogP contribution in [-0.2, 0) is 0 Å². The van der Waals surface area contributed by atoms with Crippen LogP contribution >= 0.6 is 11.3 Å². The lowest BCUT2D eigenvalue weighted by atomic mass is 10.1. The van der Waals surface area contributed by atoms with Crippen LogP contribution in [0.25, 0.3) is 20.5 Å². The van der Waals surface area contributed by atoms with E-state index in [9.17, 15) is 9.50 Å². The van der Waals surface area contributed by atoms with Crippen molar-refractivity contribution in [1.82, 2.24) is 0 Å². The maximum absolute atomic E-state index is 13.1. The molecule has 2 aromatic carbocycles. The molecule has 3 aromatic rings. The summed E-state index contributed by atoms with van der Waals surface area (Å²) in [4.78, 5) is 1.00. The molecular formula is C14H9FOS. The van der Waals surface area contributed by atoms with Crippen molar-refractivity contribution in [2.24, 2.45) is 0 Å². The van der Waals surface area contributed by atoms with E-state index < -0.39 is 0 Å². The zero-order valence-electron chi connectivity index (χ0n) is 8.85. The number of thiophene rings is 1. The summed E-state index contributed by atoms with van der Waals surface area (Å²) in [5.74, 6) is 0.0212. The highest BCUT2D eigenvalue weighted by Crippen LogP contribution is 2.35. The first-order chi connectivity index (χ1) is 8.22. The van der Waals surface area contributed by atoms with Gasteiger partial charge in [0.15, 0.2) is 0 Å². The Bertz CT molecular complexity index is 688. The average molecular weight is 244 g/mol.